The topological polar surface area (TPSA) is 81.4 Å². The van der Waals surface area contributed by atoms with Crippen molar-refractivity contribution < 1.29 is 0 Å². The number of benzene rings is 2. The summed E-state index contributed by atoms with van der Waals surface area (Å²) in [6, 6.07) is 18.3. The molecule has 35 heavy (non-hydrogen) atoms. The number of nitrogens with one attached hydrogen (secondary N) is 4. The number of aromatic amines is 2. The molecule has 2 atom stereocenters. The number of hydrogen-bond donors (Lipinski definition) is 4. The molecular formula is C29H34N6. The van der Waals surface area contributed by atoms with Crippen molar-refractivity contribution in [2.24, 2.45) is 0 Å². The van der Waals surface area contributed by atoms with Crippen molar-refractivity contribution in [2.75, 3.05) is 13.1 Å². The molecule has 6 heteroatoms. The van der Waals surface area contributed by atoms with Crippen LogP contribution in [0.5, 0.6) is 0 Å². The third kappa shape index (κ3) is 4.56. The van der Waals surface area contributed by atoms with Crippen molar-refractivity contribution in [3.63, 3.8) is 0 Å². The Morgan fingerprint density at radius 2 is 1.34 bits per heavy atom. The van der Waals surface area contributed by atoms with Crippen molar-refractivity contribution >= 4 is 0 Å². The second-order valence-corrected chi connectivity index (χ2v) is 9.83. The molecule has 0 bridgehead atoms. The molecular weight excluding hydrogens is 432 g/mol. The van der Waals surface area contributed by atoms with Gasteiger partial charge in [0.2, 0.25) is 0 Å². The highest BCUT2D eigenvalue weighted by atomic mass is 15.0. The maximum Gasteiger partial charge on any atom is 0.124 e. The van der Waals surface area contributed by atoms with E-state index in [0.29, 0.717) is 12.1 Å². The summed E-state index contributed by atoms with van der Waals surface area (Å²) in [5.74, 6) is 2.14. The molecule has 0 amide bonds. The van der Waals surface area contributed by atoms with Crippen LogP contribution >= 0.6 is 0 Å². The molecule has 2 fully saturated rings. The average molecular weight is 467 g/mol. The van der Waals surface area contributed by atoms with E-state index in [1.54, 1.807) is 0 Å². The van der Waals surface area contributed by atoms with E-state index in [9.17, 15) is 0 Å². The largest absolute Gasteiger partial charge is 0.344 e. The van der Waals surface area contributed by atoms with Gasteiger partial charge in [-0.15, -0.1) is 0 Å². The predicted molar refractivity (Wildman–Crippen MR) is 141 cm³/mol. The Morgan fingerprint density at radius 3 is 1.94 bits per heavy atom. The lowest BCUT2D eigenvalue weighted by molar-refractivity contribution is 0.611. The fourth-order valence-corrected chi connectivity index (χ4v) is 5.42. The normalized spacial score (nSPS) is 20.0. The van der Waals surface area contributed by atoms with E-state index in [0.717, 1.165) is 67.4 Å². The minimum absolute atomic E-state index is 0.359. The summed E-state index contributed by atoms with van der Waals surface area (Å²) in [4.78, 5) is 16.8. The Morgan fingerprint density at radius 1 is 0.743 bits per heavy atom. The summed E-state index contributed by atoms with van der Waals surface area (Å²) in [6.07, 6.45) is 8.82. The van der Waals surface area contributed by atoms with E-state index in [2.05, 4.69) is 81.0 Å². The van der Waals surface area contributed by atoms with Crippen LogP contribution in [-0.4, -0.2) is 33.0 Å². The van der Waals surface area contributed by atoms with Crippen LogP contribution in [0.1, 0.15) is 68.5 Å². The number of aryl methyl sites for hydroxylation is 1. The minimum atomic E-state index is 0.359. The minimum Gasteiger partial charge on any atom is -0.344 e. The Bertz CT molecular complexity index is 1260. The van der Waals surface area contributed by atoms with E-state index < -0.39 is 0 Å². The van der Waals surface area contributed by atoms with Crippen LogP contribution in [0, 0.1) is 0 Å². The van der Waals surface area contributed by atoms with Crippen molar-refractivity contribution in [1.29, 1.82) is 0 Å². The van der Waals surface area contributed by atoms with Gasteiger partial charge in [0.15, 0.2) is 0 Å². The molecule has 2 aromatic heterocycles. The first-order valence-corrected chi connectivity index (χ1v) is 13.1. The smallest absolute Gasteiger partial charge is 0.124 e. The van der Waals surface area contributed by atoms with E-state index in [1.165, 1.54) is 35.2 Å². The number of rotatable bonds is 7. The zero-order valence-corrected chi connectivity index (χ0v) is 20.4. The van der Waals surface area contributed by atoms with Crippen molar-refractivity contribution in [1.82, 2.24) is 30.6 Å². The monoisotopic (exact) mass is 466 g/mol. The highest BCUT2D eigenvalue weighted by molar-refractivity contribution is 5.72. The molecule has 6 nitrogen and oxygen atoms in total. The maximum absolute atomic E-state index is 5.03. The third-order valence-electron chi connectivity index (χ3n) is 7.36. The third-order valence-corrected chi connectivity index (χ3v) is 7.36. The van der Waals surface area contributed by atoms with Crippen LogP contribution in [-0.2, 0) is 6.42 Å². The molecule has 2 aliphatic heterocycles. The first-order chi connectivity index (χ1) is 17.3. The summed E-state index contributed by atoms with van der Waals surface area (Å²) in [7, 11) is 0. The van der Waals surface area contributed by atoms with Crippen LogP contribution in [0.2, 0.25) is 0 Å². The zero-order chi connectivity index (χ0) is 23.6. The molecule has 6 rings (SSSR count). The van der Waals surface area contributed by atoms with Crippen LogP contribution in [0.25, 0.3) is 33.6 Å². The molecule has 2 saturated heterocycles. The molecule has 0 spiro atoms. The molecule has 4 N–H and O–H groups in total. The Balaban J connectivity index is 1.20. The zero-order valence-electron chi connectivity index (χ0n) is 20.4. The maximum atomic E-state index is 5.03. The van der Waals surface area contributed by atoms with Gasteiger partial charge < -0.3 is 20.6 Å². The van der Waals surface area contributed by atoms with E-state index >= 15 is 0 Å². The summed E-state index contributed by atoms with van der Waals surface area (Å²) in [6.45, 7) is 4.38. The highest BCUT2D eigenvalue weighted by Crippen LogP contribution is 2.31. The van der Waals surface area contributed by atoms with Gasteiger partial charge in [0, 0.05) is 11.3 Å². The highest BCUT2D eigenvalue weighted by Gasteiger charge is 2.22. The van der Waals surface area contributed by atoms with Crippen molar-refractivity contribution in [2.45, 2.75) is 57.5 Å². The Hall–Kier alpha value is -3.22. The van der Waals surface area contributed by atoms with Gasteiger partial charge in [-0.1, -0.05) is 61.9 Å². The summed E-state index contributed by atoms with van der Waals surface area (Å²) in [5, 5.41) is 7.07. The molecule has 0 saturated carbocycles. The molecule has 0 radical (unpaired) electrons. The fraction of sp³-hybridized carbons (Fsp3) is 0.379. The van der Waals surface area contributed by atoms with Crippen LogP contribution < -0.4 is 10.6 Å². The molecule has 4 heterocycles. The summed E-state index contributed by atoms with van der Waals surface area (Å²) in [5.41, 5.74) is 8.19. The lowest BCUT2D eigenvalue weighted by Crippen LogP contribution is -2.14. The summed E-state index contributed by atoms with van der Waals surface area (Å²) < 4.78 is 0. The second-order valence-electron chi connectivity index (χ2n) is 9.83. The fourth-order valence-electron chi connectivity index (χ4n) is 5.42. The molecule has 2 aliphatic rings. The first kappa shape index (κ1) is 22.3. The van der Waals surface area contributed by atoms with E-state index in [4.69, 9.17) is 4.98 Å². The van der Waals surface area contributed by atoms with E-state index in [1.807, 2.05) is 6.20 Å². The first-order valence-electron chi connectivity index (χ1n) is 13.1. The van der Waals surface area contributed by atoms with Crippen molar-refractivity contribution in [3.8, 4) is 33.6 Å². The molecule has 4 aromatic rings. The van der Waals surface area contributed by atoms with Gasteiger partial charge in [0.05, 0.1) is 29.7 Å². The number of hydrogen-bond acceptors (Lipinski definition) is 4. The number of imidazole rings is 2. The number of nitrogens with zero attached hydrogens (tertiary/aromatic N) is 2. The Kier molecular flexibility index (Phi) is 6.23. The van der Waals surface area contributed by atoms with Crippen molar-refractivity contribution in [3.05, 3.63) is 72.1 Å². The predicted octanol–water partition coefficient (Wildman–Crippen LogP) is 5.94. The molecule has 180 valence electrons. The average Bonchev–Trinajstić information content (AvgIpc) is 3.70. The standard InChI is InChI=1S/C29H34N6/c1-2-5-23-27(35-29(33-23)25-7-4-17-31-25)22-14-10-20(11-15-22)19-8-12-21(13-9-19)26-18-32-28(34-26)24-6-3-16-30-24/h8-15,18,24-25,30-31H,2-7,16-17H2,1H3,(H,32,34)(H,33,35). The summed E-state index contributed by atoms with van der Waals surface area (Å²) >= 11 is 0. The number of aromatic nitrogens is 4. The van der Waals surface area contributed by atoms with Crippen LogP contribution in [0.3, 0.4) is 0 Å². The van der Waals surface area contributed by atoms with E-state index in [-0.39, 0.29) is 0 Å². The van der Waals surface area contributed by atoms with Gasteiger partial charge in [-0.25, -0.2) is 9.97 Å². The quantitative estimate of drug-likeness (QED) is 0.272. The van der Waals surface area contributed by atoms with Crippen LogP contribution in [0.15, 0.2) is 54.7 Å². The molecule has 2 unspecified atom stereocenters. The lowest BCUT2D eigenvalue weighted by atomic mass is 10.00. The SMILES string of the molecule is CCCc1[nH]c(C2CCCN2)nc1-c1ccc(-c2ccc(-c3cnc(C4CCCN4)[nH]3)cc2)cc1. The van der Waals surface area contributed by atoms with Gasteiger partial charge in [-0.05, 0) is 61.9 Å². The van der Waals surface area contributed by atoms with Gasteiger partial charge in [-0.2, -0.15) is 0 Å². The second kappa shape index (κ2) is 9.80. The van der Waals surface area contributed by atoms with Gasteiger partial charge >= 0.3 is 0 Å². The number of H-pyrrole nitrogens is 2. The van der Waals surface area contributed by atoms with Gasteiger partial charge in [0.1, 0.15) is 11.6 Å². The molecule has 2 aromatic carbocycles. The Labute approximate surface area is 207 Å². The van der Waals surface area contributed by atoms with Crippen LogP contribution in [0.4, 0.5) is 0 Å². The van der Waals surface area contributed by atoms with Gasteiger partial charge in [-0.3, -0.25) is 0 Å². The lowest BCUT2D eigenvalue weighted by Gasteiger charge is -2.07. The molecule has 0 aliphatic carbocycles. The van der Waals surface area contributed by atoms with Gasteiger partial charge in [0.25, 0.3) is 0 Å².